The summed E-state index contributed by atoms with van der Waals surface area (Å²) in [4.78, 5) is 23.2. The Balaban J connectivity index is 3.07. The van der Waals surface area contributed by atoms with Crippen LogP contribution >= 0.6 is 0 Å². The zero-order chi connectivity index (χ0) is 13.9. The minimum atomic E-state index is -4.82. The molecule has 2 amide bonds. The Bertz CT molecular complexity index is 457. The zero-order valence-corrected chi connectivity index (χ0v) is 9.62. The number of benzene rings is 1. The molecule has 0 spiro atoms. The molecule has 1 aromatic rings. The van der Waals surface area contributed by atoms with E-state index in [1.807, 2.05) is 0 Å². The summed E-state index contributed by atoms with van der Waals surface area (Å²) in [5, 5.41) is 0. The quantitative estimate of drug-likeness (QED) is 0.821. The molecular weight excluding hydrogens is 251 g/mol. The summed E-state index contributed by atoms with van der Waals surface area (Å²) in [5.74, 6) is -1.68. The van der Waals surface area contributed by atoms with E-state index < -0.39 is 23.9 Å². The number of imide groups is 1. The van der Waals surface area contributed by atoms with Gasteiger partial charge >= 0.3 is 6.36 Å². The van der Waals surface area contributed by atoms with Crippen molar-refractivity contribution in [1.29, 1.82) is 0 Å². The number of carbonyl (C=O) groups is 2. The maximum atomic E-state index is 12.0. The van der Waals surface area contributed by atoms with Crippen LogP contribution in [-0.2, 0) is 9.59 Å². The molecule has 0 aliphatic heterocycles. The molecule has 0 N–H and O–H groups in total. The Kier molecular flexibility index (Phi) is 3.95. The molecular formula is C11H10F3NO3. The Morgan fingerprint density at radius 1 is 1.17 bits per heavy atom. The Morgan fingerprint density at radius 2 is 1.72 bits per heavy atom. The van der Waals surface area contributed by atoms with Crippen molar-refractivity contribution in [3.05, 3.63) is 24.3 Å². The molecule has 18 heavy (non-hydrogen) atoms. The number of hydrogen-bond donors (Lipinski definition) is 0. The van der Waals surface area contributed by atoms with Crippen molar-refractivity contribution in [2.75, 3.05) is 4.90 Å². The highest BCUT2D eigenvalue weighted by atomic mass is 19.4. The number of ether oxygens (including phenoxy) is 1. The highest BCUT2D eigenvalue weighted by molar-refractivity contribution is 6.13. The van der Waals surface area contributed by atoms with Crippen LogP contribution in [0.1, 0.15) is 13.8 Å². The van der Waals surface area contributed by atoms with E-state index in [1.54, 1.807) is 0 Å². The lowest BCUT2D eigenvalue weighted by atomic mass is 10.2. The minimum absolute atomic E-state index is 0.0248. The standard InChI is InChI=1S/C11H10F3NO3/c1-7(16)15(8(2)17)9-4-3-5-10(6-9)18-11(12,13)14/h3-6H,1-2H3. The van der Waals surface area contributed by atoms with Crippen molar-refractivity contribution < 1.29 is 27.5 Å². The van der Waals surface area contributed by atoms with E-state index in [9.17, 15) is 22.8 Å². The largest absolute Gasteiger partial charge is 0.573 e. The lowest BCUT2D eigenvalue weighted by Gasteiger charge is -2.18. The predicted octanol–water partition coefficient (Wildman–Crippen LogP) is 2.48. The lowest BCUT2D eigenvalue weighted by Crippen LogP contribution is -2.33. The van der Waals surface area contributed by atoms with Gasteiger partial charge in [0.2, 0.25) is 11.8 Å². The molecule has 0 saturated carbocycles. The molecule has 4 nitrogen and oxygen atoms in total. The van der Waals surface area contributed by atoms with Gasteiger partial charge in [0.1, 0.15) is 5.75 Å². The smallest absolute Gasteiger partial charge is 0.406 e. The molecule has 1 aromatic carbocycles. The minimum Gasteiger partial charge on any atom is -0.406 e. The fourth-order valence-corrected chi connectivity index (χ4v) is 1.41. The molecule has 0 atom stereocenters. The van der Waals surface area contributed by atoms with Crippen LogP contribution in [-0.4, -0.2) is 18.2 Å². The van der Waals surface area contributed by atoms with Gasteiger partial charge in [-0.3, -0.25) is 14.5 Å². The molecule has 98 valence electrons. The third-order valence-electron chi connectivity index (χ3n) is 1.94. The van der Waals surface area contributed by atoms with Gasteiger partial charge in [-0.05, 0) is 12.1 Å². The summed E-state index contributed by atoms with van der Waals surface area (Å²) in [6.45, 7) is 2.28. The van der Waals surface area contributed by atoms with E-state index in [-0.39, 0.29) is 5.69 Å². The molecule has 1 rings (SSSR count). The highest BCUT2D eigenvalue weighted by Gasteiger charge is 2.31. The summed E-state index contributed by atoms with van der Waals surface area (Å²) in [6, 6.07) is 4.65. The van der Waals surface area contributed by atoms with Crippen molar-refractivity contribution >= 4 is 17.5 Å². The van der Waals surface area contributed by atoms with Crippen LogP contribution in [0, 0.1) is 0 Å². The second-order valence-electron chi connectivity index (χ2n) is 3.42. The molecule has 0 aliphatic rings. The van der Waals surface area contributed by atoms with Gasteiger partial charge in [-0.15, -0.1) is 13.2 Å². The van der Waals surface area contributed by atoms with Crippen LogP contribution in [0.2, 0.25) is 0 Å². The first kappa shape index (κ1) is 14.0. The molecule has 0 saturated heterocycles. The van der Waals surface area contributed by atoms with E-state index in [4.69, 9.17) is 0 Å². The molecule has 0 fully saturated rings. The molecule has 7 heteroatoms. The van der Waals surface area contributed by atoms with Gasteiger partial charge in [-0.1, -0.05) is 6.07 Å². The monoisotopic (exact) mass is 261 g/mol. The van der Waals surface area contributed by atoms with Crippen molar-refractivity contribution in [2.24, 2.45) is 0 Å². The second-order valence-corrected chi connectivity index (χ2v) is 3.42. The van der Waals surface area contributed by atoms with Gasteiger partial charge in [-0.2, -0.15) is 0 Å². The van der Waals surface area contributed by atoms with E-state index in [0.717, 1.165) is 30.9 Å². The van der Waals surface area contributed by atoms with Crippen LogP contribution in [0.15, 0.2) is 24.3 Å². The predicted molar refractivity (Wildman–Crippen MR) is 57.0 cm³/mol. The van der Waals surface area contributed by atoms with E-state index >= 15 is 0 Å². The Morgan fingerprint density at radius 3 is 2.17 bits per heavy atom. The SMILES string of the molecule is CC(=O)N(C(C)=O)c1cccc(OC(F)(F)F)c1. The van der Waals surface area contributed by atoms with Crippen LogP contribution in [0.4, 0.5) is 18.9 Å². The van der Waals surface area contributed by atoms with Crippen molar-refractivity contribution in [2.45, 2.75) is 20.2 Å². The average molecular weight is 261 g/mol. The average Bonchev–Trinajstić information content (AvgIpc) is 2.13. The van der Waals surface area contributed by atoms with Gasteiger partial charge in [0.05, 0.1) is 5.69 Å². The van der Waals surface area contributed by atoms with E-state index in [2.05, 4.69) is 4.74 Å². The van der Waals surface area contributed by atoms with Gasteiger partial charge in [0.25, 0.3) is 0 Å². The summed E-state index contributed by atoms with van der Waals surface area (Å²) in [7, 11) is 0. The summed E-state index contributed by atoms with van der Waals surface area (Å²) in [6.07, 6.45) is -4.82. The number of carbonyl (C=O) groups excluding carboxylic acids is 2. The van der Waals surface area contributed by atoms with Gasteiger partial charge < -0.3 is 4.74 Å². The van der Waals surface area contributed by atoms with Crippen LogP contribution in [0.25, 0.3) is 0 Å². The topological polar surface area (TPSA) is 46.6 Å². The first-order valence-electron chi connectivity index (χ1n) is 4.88. The summed E-state index contributed by atoms with van der Waals surface area (Å²) < 4.78 is 39.8. The number of alkyl halides is 3. The maximum absolute atomic E-state index is 12.0. The third-order valence-corrected chi connectivity index (χ3v) is 1.94. The second kappa shape index (κ2) is 5.07. The highest BCUT2D eigenvalue weighted by Crippen LogP contribution is 2.26. The third kappa shape index (κ3) is 3.76. The Labute approximate surface area is 101 Å². The van der Waals surface area contributed by atoms with Crippen molar-refractivity contribution in [1.82, 2.24) is 0 Å². The number of rotatable bonds is 2. The number of hydrogen-bond acceptors (Lipinski definition) is 3. The first-order valence-corrected chi connectivity index (χ1v) is 4.88. The normalized spacial score (nSPS) is 10.9. The molecule has 0 aromatic heterocycles. The van der Waals surface area contributed by atoms with Crippen molar-refractivity contribution in [3.63, 3.8) is 0 Å². The number of anilines is 1. The summed E-state index contributed by atoms with van der Waals surface area (Å²) in [5.41, 5.74) is 0.0248. The zero-order valence-electron chi connectivity index (χ0n) is 9.62. The van der Waals surface area contributed by atoms with Gasteiger partial charge in [-0.25, -0.2) is 0 Å². The van der Waals surface area contributed by atoms with Gasteiger partial charge in [0.15, 0.2) is 0 Å². The number of amides is 2. The van der Waals surface area contributed by atoms with Gasteiger partial charge in [0, 0.05) is 19.9 Å². The number of halogens is 3. The Hall–Kier alpha value is -2.05. The molecule has 0 heterocycles. The van der Waals surface area contributed by atoms with Crippen LogP contribution in [0.5, 0.6) is 5.75 Å². The van der Waals surface area contributed by atoms with E-state index in [0.29, 0.717) is 0 Å². The fraction of sp³-hybridized carbons (Fsp3) is 0.273. The molecule has 0 unspecified atom stereocenters. The molecule has 0 aliphatic carbocycles. The lowest BCUT2D eigenvalue weighted by molar-refractivity contribution is -0.274. The van der Waals surface area contributed by atoms with E-state index in [1.165, 1.54) is 12.1 Å². The number of nitrogens with zero attached hydrogens (tertiary/aromatic N) is 1. The maximum Gasteiger partial charge on any atom is 0.573 e. The fourth-order valence-electron chi connectivity index (χ4n) is 1.41. The molecule has 0 radical (unpaired) electrons. The van der Waals surface area contributed by atoms with Crippen LogP contribution < -0.4 is 9.64 Å². The van der Waals surface area contributed by atoms with Crippen LogP contribution in [0.3, 0.4) is 0 Å². The summed E-state index contributed by atoms with van der Waals surface area (Å²) >= 11 is 0. The molecule has 0 bridgehead atoms. The van der Waals surface area contributed by atoms with Crippen molar-refractivity contribution in [3.8, 4) is 5.75 Å². The first-order chi connectivity index (χ1) is 8.20.